The van der Waals surface area contributed by atoms with Crippen molar-refractivity contribution in [3.63, 3.8) is 0 Å². The molecule has 5 rings (SSSR count). The van der Waals surface area contributed by atoms with E-state index in [-0.39, 0.29) is 0 Å². The molecule has 3 unspecified atom stereocenters. The van der Waals surface area contributed by atoms with E-state index in [2.05, 4.69) is 37.5 Å². The number of hydrogen-bond donors (Lipinski definition) is 1. The van der Waals surface area contributed by atoms with Crippen molar-refractivity contribution < 1.29 is 0 Å². The molecule has 1 aromatic rings. The van der Waals surface area contributed by atoms with E-state index in [1.54, 1.807) is 4.88 Å². The average Bonchev–Trinajstić information content (AvgIpc) is 2.78. The second-order valence-electron chi connectivity index (χ2n) is 8.59. The van der Waals surface area contributed by atoms with Gasteiger partial charge in [-0.2, -0.15) is 0 Å². The summed E-state index contributed by atoms with van der Waals surface area (Å²) in [6.45, 7) is 8.26. The maximum absolute atomic E-state index is 3.91. The molecule has 4 saturated carbocycles. The van der Waals surface area contributed by atoms with Gasteiger partial charge in [-0.05, 0) is 91.7 Å². The van der Waals surface area contributed by atoms with Crippen LogP contribution in [0.4, 0.5) is 0 Å². The third kappa shape index (κ3) is 2.21. The molecule has 116 valence electrons. The quantitative estimate of drug-likeness (QED) is 0.794. The van der Waals surface area contributed by atoms with E-state index in [1.165, 1.54) is 44.1 Å². The smallest absolute Gasteiger partial charge is 0.0474 e. The minimum atomic E-state index is 0.546. The van der Waals surface area contributed by atoms with Crippen LogP contribution in [0.3, 0.4) is 0 Å². The van der Waals surface area contributed by atoms with Crippen molar-refractivity contribution in [2.45, 2.75) is 65.3 Å². The minimum Gasteiger partial charge on any atom is -0.309 e. The highest BCUT2D eigenvalue weighted by atomic mass is 32.1. The standard InChI is InChI=1S/C19H29NS/c1-4-20-17(16-13(2)5-6-21-16)19-10-14-7-15(11-19)9-18(3,8-14)12-19/h5-6,14-15,17,20H,4,7-12H2,1-3H3. The number of thiophene rings is 1. The predicted octanol–water partition coefficient (Wildman–Crippen LogP) is 5.31. The van der Waals surface area contributed by atoms with Crippen molar-refractivity contribution in [3.8, 4) is 0 Å². The van der Waals surface area contributed by atoms with Crippen LogP contribution in [0, 0.1) is 29.6 Å². The zero-order chi connectivity index (χ0) is 14.7. The lowest BCUT2D eigenvalue weighted by atomic mass is 9.43. The molecular formula is C19H29NS. The lowest BCUT2D eigenvalue weighted by molar-refractivity contribution is -0.118. The maximum atomic E-state index is 3.91. The van der Waals surface area contributed by atoms with E-state index < -0.39 is 0 Å². The molecule has 1 heterocycles. The molecule has 0 aromatic carbocycles. The third-order valence-corrected chi connectivity index (χ3v) is 7.67. The second-order valence-corrected chi connectivity index (χ2v) is 9.54. The molecule has 4 bridgehead atoms. The van der Waals surface area contributed by atoms with E-state index in [9.17, 15) is 0 Å². The van der Waals surface area contributed by atoms with E-state index >= 15 is 0 Å². The van der Waals surface area contributed by atoms with Crippen LogP contribution in [0.25, 0.3) is 0 Å². The van der Waals surface area contributed by atoms with Crippen molar-refractivity contribution in [2.24, 2.45) is 22.7 Å². The van der Waals surface area contributed by atoms with Gasteiger partial charge in [0, 0.05) is 10.9 Å². The summed E-state index contributed by atoms with van der Waals surface area (Å²) < 4.78 is 0. The average molecular weight is 304 g/mol. The van der Waals surface area contributed by atoms with Gasteiger partial charge in [0.05, 0.1) is 0 Å². The van der Waals surface area contributed by atoms with Gasteiger partial charge in [-0.1, -0.05) is 13.8 Å². The number of rotatable bonds is 4. The molecule has 1 aromatic heterocycles. The largest absolute Gasteiger partial charge is 0.309 e. The van der Waals surface area contributed by atoms with Gasteiger partial charge < -0.3 is 5.32 Å². The van der Waals surface area contributed by atoms with Crippen LogP contribution in [0.5, 0.6) is 0 Å². The summed E-state index contributed by atoms with van der Waals surface area (Å²) in [7, 11) is 0. The normalized spacial score (nSPS) is 42.4. The molecule has 0 radical (unpaired) electrons. The third-order valence-electron chi connectivity index (χ3n) is 6.58. The predicted molar refractivity (Wildman–Crippen MR) is 90.7 cm³/mol. The Balaban J connectivity index is 1.74. The molecule has 4 fully saturated rings. The van der Waals surface area contributed by atoms with Crippen LogP contribution in [0.2, 0.25) is 0 Å². The summed E-state index contributed by atoms with van der Waals surface area (Å²) in [6, 6.07) is 2.92. The summed E-state index contributed by atoms with van der Waals surface area (Å²) in [4.78, 5) is 1.63. The van der Waals surface area contributed by atoms with Crippen molar-refractivity contribution in [2.75, 3.05) is 6.54 Å². The van der Waals surface area contributed by atoms with Crippen molar-refractivity contribution in [3.05, 3.63) is 21.9 Å². The SMILES string of the molecule is CCNC(c1sccc1C)C12CC3CC(CC(C)(C3)C1)C2. The number of aryl methyl sites for hydroxylation is 1. The zero-order valence-corrected chi connectivity index (χ0v) is 14.6. The monoisotopic (exact) mass is 303 g/mol. The molecule has 0 spiro atoms. The lowest BCUT2D eigenvalue weighted by Crippen LogP contribution is -2.55. The summed E-state index contributed by atoms with van der Waals surface area (Å²) in [6.07, 6.45) is 8.96. The van der Waals surface area contributed by atoms with Crippen LogP contribution in [-0.4, -0.2) is 6.54 Å². The van der Waals surface area contributed by atoms with Crippen LogP contribution < -0.4 is 5.32 Å². The Hall–Kier alpha value is -0.340. The van der Waals surface area contributed by atoms with Crippen molar-refractivity contribution >= 4 is 11.3 Å². The van der Waals surface area contributed by atoms with Crippen LogP contribution in [0.1, 0.15) is 68.9 Å². The molecule has 0 amide bonds. The summed E-state index contributed by atoms with van der Waals surface area (Å²) in [5.41, 5.74) is 2.69. The lowest BCUT2D eigenvalue weighted by Gasteiger charge is -2.63. The highest BCUT2D eigenvalue weighted by Crippen LogP contribution is 2.68. The summed E-state index contributed by atoms with van der Waals surface area (Å²) in [5, 5.41) is 6.20. The Morgan fingerprint density at radius 2 is 2.00 bits per heavy atom. The van der Waals surface area contributed by atoms with Gasteiger partial charge in [-0.3, -0.25) is 0 Å². The van der Waals surface area contributed by atoms with E-state index in [4.69, 9.17) is 0 Å². The van der Waals surface area contributed by atoms with Gasteiger partial charge in [-0.15, -0.1) is 11.3 Å². The highest BCUT2D eigenvalue weighted by Gasteiger charge is 2.58. The molecule has 2 heteroatoms. The Bertz CT molecular complexity index is 517. The van der Waals surface area contributed by atoms with Gasteiger partial charge >= 0.3 is 0 Å². The van der Waals surface area contributed by atoms with Crippen LogP contribution in [-0.2, 0) is 0 Å². The fraction of sp³-hybridized carbons (Fsp3) is 0.789. The van der Waals surface area contributed by atoms with Gasteiger partial charge in [-0.25, -0.2) is 0 Å². The Labute approximate surface area is 133 Å². The van der Waals surface area contributed by atoms with Crippen molar-refractivity contribution in [1.29, 1.82) is 0 Å². The molecule has 0 aliphatic heterocycles. The van der Waals surface area contributed by atoms with Gasteiger partial charge in [0.1, 0.15) is 0 Å². The summed E-state index contributed by atoms with van der Waals surface area (Å²) >= 11 is 1.98. The first-order chi connectivity index (χ1) is 10.0. The molecule has 4 aliphatic rings. The van der Waals surface area contributed by atoms with Crippen LogP contribution >= 0.6 is 11.3 Å². The fourth-order valence-electron chi connectivity index (χ4n) is 6.61. The Kier molecular flexibility index (Phi) is 3.28. The molecule has 0 saturated heterocycles. The maximum Gasteiger partial charge on any atom is 0.0474 e. The van der Waals surface area contributed by atoms with E-state index in [0.29, 0.717) is 16.9 Å². The Morgan fingerprint density at radius 1 is 1.29 bits per heavy atom. The number of hydrogen-bond acceptors (Lipinski definition) is 2. The van der Waals surface area contributed by atoms with Gasteiger partial charge in [0.25, 0.3) is 0 Å². The Morgan fingerprint density at radius 3 is 2.52 bits per heavy atom. The van der Waals surface area contributed by atoms with E-state index in [0.717, 1.165) is 18.4 Å². The van der Waals surface area contributed by atoms with E-state index in [1.807, 2.05) is 11.3 Å². The minimum absolute atomic E-state index is 0.546. The first-order valence-corrected chi connectivity index (χ1v) is 9.69. The zero-order valence-electron chi connectivity index (χ0n) is 13.7. The molecule has 4 aliphatic carbocycles. The molecule has 21 heavy (non-hydrogen) atoms. The van der Waals surface area contributed by atoms with Crippen molar-refractivity contribution in [1.82, 2.24) is 5.32 Å². The first-order valence-electron chi connectivity index (χ1n) is 8.81. The second kappa shape index (κ2) is 4.83. The molecule has 1 nitrogen and oxygen atoms in total. The van der Waals surface area contributed by atoms with Crippen LogP contribution in [0.15, 0.2) is 11.4 Å². The molecule has 1 N–H and O–H groups in total. The van der Waals surface area contributed by atoms with Gasteiger partial charge in [0.2, 0.25) is 0 Å². The number of nitrogens with one attached hydrogen (secondary N) is 1. The molecular weight excluding hydrogens is 274 g/mol. The summed E-state index contributed by atoms with van der Waals surface area (Å²) in [5.74, 6) is 2.02. The van der Waals surface area contributed by atoms with Gasteiger partial charge in [0.15, 0.2) is 0 Å². The highest BCUT2D eigenvalue weighted by molar-refractivity contribution is 7.10. The topological polar surface area (TPSA) is 12.0 Å². The molecule has 3 atom stereocenters. The fourth-order valence-corrected chi connectivity index (χ4v) is 7.75. The first kappa shape index (κ1) is 14.3.